The average Bonchev–Trinajstić information content (AvgIpc) is 2.44. The number of hydrogen-bond donors (Lipinski definition) is 1. The third-order valence-electron chi connectivity index (χ3n) is 3.74. The largest absolute Gasteiger partial charge is 0.317 e. The lowest BCUT2D eigenvalue weighted by Crippen LogP contribution is -2.35. The molecule has 0 bridgehead atoms. The summed E-state index contributed by atoms with van der Waals surface area (Å²) in [5.41, 5.74) is 0.709. The Morgan fingerprint density at radius 3 is 2.70 bits per heavy atom. The zero-order valence-corrected chi connectivity index (χ0v) is 13.2. The van der Waals surface area contributed by atoms with E-state index in [9.17, 15) is 4.79 Å². The molecule has 1 heterocycles. The second kappa shape index (κ2) is 7.30. The van der Waals surface area contributed by atoms with E-state index in [4.69, 9.17) is 23.2 Å². The summed E-state index contributed by atoms with van der Waals surface area (Å²) in [5, 5.41) is 4.48. The van der Waals surface area contributed by atoms with Crippen LogP contribution in [0.2, 0.25) is 10.0 Å². The number of rotatable bonds is 4. The zero-order valence-electron chi connectivity index (χ0n) is 11.7. The first-order valence-electron chi connectivity index (χ1n) is 7.08. The van der Waals surface area contributed by atoms with Crippen LogP contribution in [0.15, 0.2) is 18.2 Å². The van der Waals surface area contributed by atoms with E-state index >= 15 is 0 Å². The molecule has 1 N–H and O–H groups in total. The number of carbonyl (C=O) groups excluding carboxylic acids is 1. The zero-order chi connectivity index (χ0) is 14.5. The van der Waals surface area contributed by atoms with Gasteiger partial charge in [-0.3, -0.25) is 4.79 Å². The average molecular weight is 315 g/mol. The summed E-state index contributed by atoms with van der Waals surface area (Å²) in [5.74, 6) is 0.597. The number of carbonyl (C=O) groups is 1. The van der Waals surface area contributed by atoms with Crippen molar-refractivity contribution in [3.63, 3.8) is 0 Å². The first-order valence-corrected chi connectivity index (χ1v) is 7.83. The Kier molecular flexibility index (Phi) is 5.70. The van der Waals surface area contributed by atoms with E-state index in [-0.39, 0.29) is 5.91 Å². The molecule has 2 rings (SSSR count). The topological polar surface area (TPSA) is 32.3 Å². The van der Waals surface area contributed by atoms with Gasteiger partial charge in [0.1, 0.15) is 0 Å². The van der Waals surface area contributed by atoms with Gasteiger partial charge in [-0.15, -0.1) is 0 Å². The van der Waals surface area contributed by atoms with Crippen molar-refractivity contribution in [3.8, 4) is 0 Å². The molecule has 0 unspecified atom stereocenters. The maximum absolute atomic E-state index is 12.5. The molecule has 1 amide bonds. The van der Waals surface area contributed by atoms with Gasteiger partial charge in [0.15, 0.2) is 0 Å². The van der Waals surface area contributed by atoms with Gasteiger partial charge in [0.25, 0.3) is 0 Å². The van der Waals surface area contributed by atoms with E-state index in [2.05, 4.69) is 5.32 Å². The van der Waals surface area contributed by atoms with Crippen molar-refractivity contribution >= 4 is 34.8 Å². The van der Waals surface area contributed by atoms with Crippen molar-refractivity contribution < 1.29 is 4.79 Å². The van der Waals surface area contributed by atoms with Crippen molar-refractivity contribution in [2.45, 2.75) is 26.2 Å². The molecule has 20 heavy (non-hydrogen) atoms. The Bertz CT molecular complexity index is 473. The SMILES string of the molecule is CCN(C(=O)CC1CCNCC1)c1cc(Cl)ccc1Cl. The van der Waals surface area contributed by atoms with Crippen LogP contribution < -0.4 is 10.2 Å². The molecule has 1 fully saturated rings. The van der Waals surface area contributed by atoms with Gasteiger partial charge in [0.05, 0.1) is 10.7 Å². The van der Waals surface area contributed by atoms with Crippen LogP contribution in [-0.4, -0.2) is 25.5 Å². The van der Waals surface area contributed by atoms with Gasteiger partial charge < -0.3 is 10.2 Å². The molecule has 0 aliphatic carbocycles. The van der Waals surface area contributed by atoms with Crippen LogP contribution in [0.3, 0.4) is 0 Å². The van der Waals surface area contributed by atoms with Gasteiger partial charge in [0, 0.05) is 18.0 Å². The molecule has 110 valence electrons. The van der Waals surface area contributed by atoms with Crippen molar-refractivity contribution in [2.75, 3.05) is 24.5 Å². The molecule has 0 atom stereocenters. The summed E-state index contributed by atoms with van der Waals surface area (Å²) in [6.07, 6.45) is 2.71. The number of piperidine rings is 1. The second-order valence-electron chi connectivity index (χ2n) is 5.13. The highest BCUT2D eigenvalue weighted by molar-refractivity contribution is 6.35. The third kappa shape index (κ3) is 3.87. The molecule has 3 nitrogen and oxygen atoms in total. The fourth-order valence-corrected chi connectivity index (χ4v) is 3.00. The summed E-state index contributed by atoms with van der Waals surface area (Å²) in [6.45, 7) is 4.56. The standard InChI is InChI=1S/C15H20Cl2N2O/c1-2-19(14-10-12(16)3-4-13(14)17)15(20)9-11-5-7-18-8-6-11/h3-4,10-11,18H,2,5-9H2,1H3. The van der Waals surface area contributed by atoms with E-state index in [0.29, 0.717) is 34.6 Å². The second-order valence-corrected chi connectivity index (χ2v) is 5.97. The summed E-state index contributed by atoms with van der Waals surface area (Å²) in [6, 6.07) is 5.23. The number of amides is 1. The quantitative estimate of drug-likeness (QED) is 0.918. The van der Waals surface area contributed by atoms with E-state index in [1.807, 2.05) is 6.92 Å². The first kappa shape index (κ1) is 15.6. The van der Waals surface area contributed by atoms with Crippen LogP contribution in [-0.2, 0) is 4.79 Å². The van der Waals surface area contributed by atoms with Crippen molar-refractivity contribution in [1.29, 1.82) is 0 Å². The molecule has 5 heteroatoms. The van der Waals surface area contributed by atoms with Gasteiger partial charge >= 0.3 is 0 Å². The van der Waals surface area contributed by atoms with Crippen LogP contribution in [0.25, 0.3) is 0 Å². The monoisotopic (exact) mass is 314 g/mol. The number of hydrogen-bond acceptors (Lipinski definition) is 2. The number of halogens is 2. The molecule has 1 aromatic rings. The Labute approximate surface area is 130 Å². The molecule has 1 aromatic carbocycles. The Balaban J connectivity index is 2.10. The van der Waals surface area contributed by atoms with Gasteiger partial charge in [0.2, 0.25) is 5.91 Å². The van der Waals surface area contributed by atoms with Gasteiger partial charge in [-0.05, 0) is 57.0 Å². The molecule has 0 radical (unpaired) electrons. The Morgan fingerprint density at radius 1 is 1.35 bits per heavy atom. The summed E-state index contributed by atoms with van der Waals surface area (Å²) in [4.78, 5) is 14.2. The Hall–Kier alpha value is -0.770. The van der Waals surface area contributed by atoms with E-state index < -0.39 is 0 Å². The summed E-state index contributed by atoms with van der Waals surface area (Å²) < 4.78 is 0. The van der Waals surface area contributed by atoms with Gasteiger partial charge in [-0.2, -0.15) is 0 Å². The summed E-state index contributed by atoms with van der Waals surface area (Å²) in [7, 11) is 0. The lowest BCUT2D eigenvalue weighted by atomic mass is 9.94. The van der Waals surface area contributed by atoms with E-state index in [1.54, 1.807) is 23.1 Å². The fourth-order valence-electron chi connectivity index (χ4n) is 2.62. The number of benzene rings is 1. The van der Waals surface area contributed by atoms with Crippen molar-refractivity contribution in [1.82, 2.24) is 5.32 Å². The molecular formula is C15H20Cl2N2O. The first-order chi connectivity index (χ1) is 9.61. The van der Waals surface area contributed by atoms with E-state index in [0.717, 1.165) is 25.9 Å². The predicted octanol–water partition coefficient (Wildman–Crippen LogP) is 3.74. The molecule has 0 aromatic heterocycles. The predicted molar refractivity (Wildman–Crippen MR) is 84.7 cm³/mol. The number of nitrogens with one attached hydrogen (secondary N) is 1. The number of anilines is 1. The lowest BCUT2D eigenvalue weighted by molar-refractivity contribution is -0.119. The van der Waals surface area contributed by atoms with Crippen molar-refractivity contribution in [2.24, 2.45) is 5.92 Å². The van der Waals surface area contributed by atoms with Crippen LogP contribution in [0.1, 0.15) is 26.2 Å². The minimum atomic E-state index is 0.128. The molecule has 0 saturated carbocycles. The lowest BCUT2D eigenvalue weighted by Gasteiger charge is -2.27. The molecule has 1 aliphatic rings. The molecule has 1 saturated heterocycles. The molecule has 0 spiro atoms. The minimum absolute atomic E-state index is 0.128. The highest BCUT2D eigenvalue weighted by Gasteiger charge is 2.22. The normalized spacial score (nSPS) is 16.1. The van der Waals surface area contributed by atoms with Crippen LogP contribution in [0.5, 0.6) is 0 Å². The fraction of sp³-hybridized carbons (Fsp3) is 0.533. The third-order valence-corrected chi connectivity index (χ3v) is 4.29. The van der Waals surface area contributed by atoms with E-state index in [1.165, 1.54) is 0 Å². The maximum Gasteiger partial charge on any atom is 0.227 e. The smallest absolute Gasteiger partial charge is 0.227 e. The van der Waals surface area contributed by atoms with Gasteiger partial charge in [-0.25, -0.2) is 0 Å². The van der Waals surface area contributed by atoms with Gasteiger partial charge in [-0.1, -0.05) is 23.2 Å². The highest BCUT2D eigenvalue weighted by atomic mass is 35.5. The maximum atomic E-state index is 12.5. The number of nitrogens with zero attached hydrogens (tertiary/aromatic N) is 1. The minimum Gasteiger partial charge on any atom is -0.317 e. The highest BCUT2D eigenvalue weighted by Crippen LogP contribution is 2.30. The van der Waals surface area contributed by atoms with Crippen LogP contribution in [0.4, 0.5) is 5.69 Å². The molecule has 1 aliphatic heterocycles. The van der Waals surface area contributed by atoms with Crippen molar-refractivity contribution in [3.05, 3.63) is 28.2 Å². The van der Waals surface area contributed by atoms with Crippen LogP contribution >= 0.6 is 23.2 Å². The van der Waals surface area contributed by atoms with Crippen LogP contribution in [0, 0.1) is 5.92 Å². The summed E-state index contributed by atoms with van der Waals surface area (Å²) >= 11 is 12.2. The molecular weight excluding hydrogens is 295 g/mol. The Morgan fingerprint density at radius 2 is 2.05 bits per heavy atom.